The zero-order valence-corrected chi connectivity index (χ0v) is 11.9. The summed E-state index contributed by atoms with van der Waals surface area (Å²) in [7, 11) is 0. The minimum absolute atomic E-state index is 0.00123. The Morgan fingerprint density at radius 2 is 2.18 bits per heavy atom. The summed E-state index contributed by atoms with van der Waals surface area (Å²) in [5.41, 5.74) is 6.54. The number of rotatable bonds is 5. The Labute approximate surface area is 111 Å². The molecular weight excluding hydrogens is 280 g/mol. The van der Waals surface area contributed by atoms with Crippen LogP contribution in [-0.4, -0.2) is 23.9 Å². The summed E-state index contributed by atoms with van der Waals surface area (Å²) in [5.74, 6) is 0.441. The van der Waals surface area contributed by atoms with Gasteiger partial charge in [-0.15, -0.1) is 0 Å². The van der Waals surface area contributed by atoms with Gasteiger partial charge in [0.05, 0.1) is 6.54 Å². The minimum Gasteiger partial charge on any atom is -0.337 e. The zero-order valence-electron chi connectivity index (χ0n) is 10.3. The van der Waals surface area contributed by atoms with E-state index < -0.39 is 0 Å². The fraction of sp³-hybridized carbons (Fsp3) is 0.462. The maximum atomic E-state index is 11.7. The van der Waals surface area contributed by atoms with Crippen LogP contribution in [0.1, 0.15) is 19.4 Å². The summed E-state index contributed by atoms with van der Waals surface area (Å²) in [4.78, 5) is 13.5. The Morgan fingerprint density at radius 3 is 2.71 bits per heavy atom. The first-order chi connectivity index (χ1) is 8.02. The van der Waals surface area contributed by atoms with Gasteiger partial charge in [0.25, 0.3) is 0 Å². The second-order valence-electron chi connectivity index (χ2n) is 4.50. The Hall–Kier alpha value is -0.870. The maximum Gasteiger partial charge on any atom is 0.236 e. The molecule has 3 nitrogen and oxygen atoms in total. The van der Waals surface area contributed by atoms with Crippen molar-refractivity contribution in [1.29, 1.82) is 0 Å². The SMILES string of the molecule is CC(C)CN(Cc1cccc(Br)c1)C(=O)CN. The normalized spacial score (nSPS) is 10.6. The summed E-state index contributed by atoms with van der Waals surface area (Å²) >= 11 is 3.43. The van der Waals surface area contributed by atoms with Gasteiger partial charge in [0, 0.05) is 17.6 Å². The predicted molar refractivity (Wildman–Crippen MR) is 73.5 cm³/mol. The molecule has 0 saturated heterocycles. The van der Waals surface area contributed by atoms with Gasteiger partial charge >= 0.3 is 0 Å². The summed E-state index contributed by atoms with van der Waals surface area (Å²) in [6.45, 7) is 5.62. The van der Waals surface area contributed by atoms with Gasteiger partial charge in [-0.1, -0.05) is 41.9 Å². The van der Waals surface area contributed by atoms with Crippen LogP contribution < -0.4 is 5.73 Å². The van der Waals surface area contributed by atoms with Gasteiger partial charge in [0.15, 0.2) is 0 Å². The van der Waals surface area contributed by atoms with Crippen LogP contribution in [0.15, 0.2) is 28.7 Å². The lowest BCUT2D eigenvalue weighted by Crippen LogP contribution is -2.37. The second kappa shape index (κ2) is 6.77. The number of carbonyl (C=O) groups excluding carboxylic acids is 1. The smallest absolute Gasteiger partial charge is 0.236 e. The highest BCUT2D eigenvalue weighted by atomic mass is 79.9. The van der Waals surface area contributed by atoms with Crippen LogP contribution in [0.3, 0.4) is 0 Å². The van der Waals surface area contributed by atoms with E-state index in [1.54, 1.807) is 0 Å². The number of hydrogen-bond acceptors (Lipinski definition) is 2. The average Bonchev–Trinajstić information content (AvgIpc) is 2.26. The molecule has 0 unspecified atom stereocenters. The van der Waals surface area contributed by atoms with E-state index in [2.05, 4.69) is 29.8 Å². The van der Waals surface area contributed by atoms with Crippen LogP contribution in [0.4, 0.5) is 0 Å². The highest BCUT2D eigenvalue weighted by molar-refractivity contribution is 9.10. The number of amides is 1. The van der Waals surface area contributed by atoms with Crippen molar-refractivity contribution in [2.24, 2.45) is 11.7 Å². The molecule has 0 atom stereocenters. The van der Waals surface area contributed by atoms with Gasteiger partial charge in [0.2, 0.25) is 5.91 Å². The van der Waals surface area contributed by atoms with Crippen molar-refractivity contribution in [3.05, 3.63) is 34.3 Å². The zero-order chi connectivity index (χ0) is 12.8. The highest BCUT2D eigenvalue weighted by Crippen LogP contribution is 2.14. The van der Waals surface area contributed by atoms with E-state index in [1.165, 1.54) is 0 Å². The first-order valence-electron chi connectivity index (χ1n) is 5.75. The van der Waals surface area contributed by atoms with Gasteiger partial charge < -0.3 is 10.6 Å². The molecule has 0 aliphatic carbocycles. The van der Waals surface area contributed by atoms with Gasteiger partial charge in [-0.2, -0.15) is 0 Å². The summed E-state index contributed by atoms with van der Waals surface area (Å²) in [5, 5.41) is 0. The van der Waals surface area contributed by atoms with Crippen LogP contribution in [0.5, 0.6) is 0 Å². The lowest BCUT2D eigenvalue weighted by Gasteiger charge is -2.24. The number of carbonyl (C=O) groups is 1. The van der Waals surface area contributed by atoms with Gasteiger partial charge in [-0.05, 0) is 23.6 Å². The summed E-state index contributed by atoms with van der Waals surface area (Å²) in [6, 6.07) is 7.99. The largest absolute Gasteiger partial charge is 0.337 e. The van der Waals surface area contributed by atoms with Gasteiger partial charge in [-0.25, -0.2) is 0 Å². The molecule has 17 heavy (non-hydrogen) atoms. The molecule has 0 fully saturated rings. The molecule has 0 aliphatic heterocycles. The molecule has 1 rings (SSSR count). The van der Waals surface area contributed by atoms with E-state index in [9.17, 15) is 4.79 Å². The van der Waals surface area contributed by atoms with Crippen molar-refractivity contribution >= 4 is 21.8 Å². The van der Waals surface area contributed by atoms with E-state index in [-0.39, 0.29) is 12.5 Å². The van der Waals surface area contributed by atoms with Gasteiger partial charge in [0.1, 0.15) is 0 Å². The van der Waals surface area contributed by atoms with Crippen LogP contribution in [-0.2, 0) is 11.3 Å². The topological polar surface area (TPSA) is 46.3 Å². The number of benzene rings is 1. The second-order valence-corrected chi connectivity index (χ2v) is 5.42. The highest BCUT2D eigenvalue weighted by Gasteiger charge is 2.13. The van der Waals surface area contributed by atoms with Crippen molar-refractivity contribution in [2.45, 2.75) is 20.4 Å². The molecule has 4 heteroatoms. The molecule has 0 bridgehead atoms. The van der Waals surface area contributed by atoms with Crippen LogP contribution >= 0.6 is 15.9 Å². The Bertz CT molecular complexity index is 379. The lowest BCUT2D eigenvalue weighted by atomic mass is 10.1. The number of halogens is 1. The molecule has 1 aromatic carbocycles. The van der Waals surface area contributed by atoms with Crippen LogP contribution in [0, 0.1) is 5.92 Å². The summed E-state index contributed by atoms with van der Waals surface area (Å²) < 4.78 is 1.03. The number of nitrogens with two attached hydrogens (primary N) is 1. The van der Waals surface area contributed by atoms with Crippen molar-refractivity contribution in [1.82, 2.24) is 4.90 Å². The average molecular weight is 299 g/mol. The van der Waals surface area contributed by atoms with E-state index in [4.69, 9.17) is 5.73 Å². The lowest BCUT2D eigenvalue weighted by molar-refractivity contribution is -0.130. The Morgan fingerprint density at radius 1 is 1.47 bits per heavy atom. The molecule has 2 N–H and O–H groups in total. The minimum atomic E-state index is -0.00123. The first-order valence-corrected chi connectivity index (χ1v) is 6.54. The third-order valence-corrected chi connectivity index (χ3v) is 2.87. The molecule has 94 valence electrons. The van der Waals surface area contributed by atoms with E-state index in [1.807, 2.05) is 29.2 Å². The van der Waals surface area contributed by atoms with E-state index >= 15 is 0 Å². The van der Waals surface area contributed by atoms with Crippen LogP contribution in [0.2, 0.25) is 0 Å². The molecule has 0 spiro atoms. The molecule has 0 radical (unpaired) electrons. The third kappa shape index (κ3) is 4.88. The molecule has 0 saturated carbocycles. The summed E-state index contributed by atoms with van der Waals surface area (Å²) in [6.07, 6.45) is 0. The first kappa shape index (κ1) is 14.2. The molecule has 0 aromatic heterocycles. The molecular formula is C13H19BrN2O. The molecule has 1 aromatic rings. The Balaban J connectivity index is 2.75. The Kier molecular flexibility index (Phi) is 5.65. The fourth-order valence-corrected chi connectivity index (χ4v) is 2.13. The van der Waals surface area contributed by atoms with Crippen molar-refractivity contribution < 1.29 is 4.79 Å². The monoisotopic (exact) mass is 298 g/mol. The fourth-order valence-electron chi connectivity index (χ4n) is 1.68. The molecule has 1 amide bonds. The van der Waals surface area contributed by atoms with Crippen molar-refractivity contribution in [3.8, 4) is 0 Å². The van der Waals surface area contributed by atoms with Crippen molar-refractivity contribution in [3.63, 3.8) is 0 Å². The standard InChI is InChI=1S/C13H19BrN2O/c1-10(2)8-16(13(17)7-15)9-11-4-3-5-12(14)6-11/h3-6,10H,7-9,15H2,1-2H3. The van der Waals surface area contributed by atoms with Gasteiger partial charge in [-0.3, -0.25) is 4.79 Å². The third-order valence-electron chi connectivity index (χ3n) is 2.38. The van der Waals surface area contributed by atoms with E-state index in [0.29, 0.717) is 12.5 Å². The maximum absolute atomic E-state index is 11.7. The van der Waals surface area contributed by atoms with E-state index in [0.717, 1.165) is 16.6 Å². The van der Waals surface area contributed by atoms with Crippen molar-refractivity contribution in [2.75, 3.05) is 13.1 Å². The quantitative estimate of drug-likeness (QED) is 0.907. The number of hydrogen-bond donors (Lipinski definition) is 1. The molecule has 0 heterocycles. The van der Waals surface area contributed by atoms with Crippen LogP contribution in [0.25, 0.3) is 0 Å². The predicted octanol–water partition coefficient (Wildman–Crippen LogP) is 2.39. The molecule has 0 aliphatic rings. The number of nitrogens with zero attached hydrogens (tertiary/aromatic N) is 1.